The van der Waals surface area contributed by atoms with Gasteiger partial charge in [0.25, 0.3) is 0 Å². The summed E-state index contributed by atoms with van der Waals surface area (Å²) in [4.78, 5) is 19.6. The Hall–Kier alpha value is -3.18. The van der Waals surface area contributed by atoms with Gasteiger partial charge in [-0.2, -0.15) is 0 Å². The highest BCUT2D eigenvalue weighted by Gasteiger charge is 2.31. The molecule has 0 radical (unpaired) electrons. The summed E-state index contributed by atoms with van der Waals surface area (Å²) in [6.07, 6.45) is 5.73. The van der Waals surface area contributed by atoms with Gasteiger partial charge in [0.15, 0.2) is 0 Å². The fourth-order valence-electron chi connectivity index (χ4n) is 4.69. The number of amides is 1. The molecule has 5 rings (SSSR count). The molecule has 1 fully saturated rings. The number of benzene rings is 2. The molecule has 0 saturated carbocycles. The minimum absolute atomic E-state index is 0.0558. The summed E-state index contributed by atoms with van der Waals surface area (Å²) >= 11 is 0. The highest BCUT2D eigenvalue weighted by atomic mass is 16.5. The molecule has 1 aliphatic carbocycles. The van der Waals surface area contributed by atoms with E-state index in [1.165, 1.54) is 11.1 Å². The summed E-state index contributed by atoms with van der Waals surface area (Å²) in [5.41, 5.74) is 3.68. The lowest BCUT2D eigenvalue weighted by Gasteiger charge is -2.35. The van der Waals surface area contributed by atoms with Crippen molar-refractivity contribution >= 4 is 11.6 Å². The Kier molecular flexibility index (Phi) is 5.67. The van der Waals surface area contributed by atoms with Crippen LogP contribution in [0.1, 0.15) is 24.0 Å². The van der Waals surface area contributed by atoms with Gasteiger partial charge in [-0.3, -0.25) is 9.69 Å². The van der Waals surface area contributed by atoms with E-state index in [1.54, 1.807) is 12.3 Å². The molecule has 1 N–H and O–H groups in total. The van der Waals surface area contributed by atoms with E-state index < -0.39 is 0 Å². The van der Waals surface area contributed by atoms with Gasteiger partial charge < -0.3 is 10.1 Å². The van der Waals surface area contributed by atoms with E-state index in [9.17, 15) is 4.79 Å². The number of rotatable bonds is 5. The van der Waals surface area contributed by atoms with Gasteiger partial charge in [0.1, 0.15) is 5.75 Å². The van der Waals surface area contributed by atoms with E-state index in [2.05, 4.69) is 39.5 Å². The predicted octanol–water partition coefficient (Wildman–Crippen LogP) is 4.69. The van der Waals surface area contributed by atoms with Crippen LogP contribution >= 0.6 is 0 Å². The van der Waals surface area contributed by atoms with Crippen molar-refractivity contribution < 1.29 is 9.53 Å². The summed E-state index contributed by atoms with van der Waals surface area (Å²) in [5, 5.41) is 3.03. The number of aromatic nitrogens is 1. The second-order valence-corrected chi connectivity index (χ2v) is 8.43. The molecule has 0 bridgehead atoms. The monoisotopic (exact) mass is 413 g/mol. The SMILES string of the molecule is O=C(Nc1ccc(Oc2ccccc2)nc1)C1CCN(C2Cc3ccccc3C2)CC1. The number of carbonyl (C=O) groups is 1. The third-order valence-corrected chi connectivity index (χ3v) is 6.42. The van der Waals surface area contributed by atoms with Gasteiger partial charge in [-0.15, -0.1) is 0 Å². The Bertz CT molecular complexity index is 1000. The molecule has 2 aromatic carbocycles. The number of pyridine rings is 1. The molecule has 31 heavy (non-hydrogen) atoms. The Balaban J connectivity index is 1.11. The zero-order valence-electron chi connectivity index (χ0n) is 17.5. The first-order chi connectivity index (χ1) is 15.2. The summed E-state index contributed by atoms with van der Waals surface area (Å²) in [7, 11) is 0. The fraction of sp³-hybridized carbons (Fsp3) is 0.308. The molecule has 1 aliphatic heterocycles. The standard InChI is InChI=1S/C26H27N3O2/c30-26(28-22-10-11-25(27-18-22)31-24-8-2-1-3-9-24)19-12-14-29(15-13-19)23-16-20-6-4-5-7-21(20)17-23/h1-11,18-19,23H,12-17H2,(H,28,30). The lowest BCUT2D eigenvalue weighted by atomic mass is 9.94. The van der Waals surface area contributed by atoms with Crippen LogP contribution in [0.3, 0.4) is 0 Å². The molecule has 0 spiro atoms. The molecule has 3 aromatic rings. The first kappa shape index (κ1) is 19.8. The molecule has 2 aliphatic rings. The van der Waals surface area contributed by atoms with Crippen molar-refractivity contribution in [3.05, 3.63) is 84.1 Å². The lowest BCUT2D eigenvalue weighted by molar-refractivity contribution is -0.121. The van der Waals surface area contributed by atoms with Gasteiger partial charge in [-0.1, -0.05) is 42.5 Å². The normalized spacial score (nSPS) is 17.3. The quantitative estimate of drug-likeness (QED) is 0.659. The van der Waals surface area contributed by atoms with Gasteiger partial charge in [-0.25, -0.2) is 4.98 Å². The number of ether oxygens (including phenoxy) is 1. The Morgan fingerprint density at radius 1 is 0.903 bits per heavy atom. The number of nitrogens with zero attached hydrogens (tertiary/aromatic N) is 2. The summed E-state index contributed by atoms with van der Waals surface area (Å²) in [5.74, 6) is 1.40. The van der Waals surface area contributed by atoms with Crippen LogP contribution in [0.2, 0.25) is 0 Å². The lowest BCUT2D eigenvalue weighted by Crippen LogP contribution is -2.44. The zero-order chi connectivity index (χ0) is 21.0. The van der Waals surface area contributed by atoms with Crippen molar-refractivity contribution in [2.45, 2.75) is 31.7 Å². The molecule has 5 nitrogen and oxygen atoms in total. The minimum atomic E-state index is 0.0558. The predicted molar refractivity (Wildman–Crippen MR) is 121 cm³/mol. The van der Waals surface area contributed by atoms with E-state index in [0.29, 0.717) is 17.6 Å². The minimum Gasteiger partial charge on any atom is -0.439 e. The number of fused-ring (bicyclic) bond motifs is 1. The maximum Gasteiger partial charge on any atom is 0.227 e. The highest BCUT2D eigenvalue weighted by Crippen LogP contribution is 2.29. The first-order valence-electron chi connectivity index (χ1n) is 11.1. The number of hydrogen-bond acceptors (Lipinski definition) is 4. The molecule has 1 saturated heterocycles. The topological polar surface area (TPSA) is 54.5 Å². The van der Waals surface area contributed by atoms with Crippen molar-refractivity contribution in [3.63, 3.8) is 0 Å². The third kappa shape index (κ3) is 4.62. The molecular weight excluding hydrogens is 386 g/mol. The van der Waals surface area contributed by atoms with Gasteiger partial charge in [0.05, 0.1) is 11.9 Å². The number of piperidine rings is 1. The second-order valence-electron chi connectivity index (χ2n) is 8.43. The maximum absolute atomic E-state index is 12.8. The van der Waals surface area contributed by atoms with Crippen molar-refractivity contribution in [2.75, 3.05) is 18.4 Å². The number of nitrogens with one attached hydrogen (secondary N) is 1. The Morgan fingerprint density at radius 3 is 2.23 bits per heavy atom. The van der Waals surface area contributed by atoms with Crippen molar-refractivity contribution in [1.82, 2.24) is 9.88 Å². The van der Waals surface area contributed by atoms with E-state index >= 15 is 0 Å². The van der Waals surface area contributed by atoms with Gasteiger partial charge in [0.2, 0.25) is 11.8 Å². The average molecular weight is 414 g/mol. The van der Waals surface area contributed by atoms with Gasteiger partial charge in [0, 0.05) is 18.0 Å². The molecule has 0 atom stereocenters. The average Bonchev–Trinajstić information content (AvgIpc) is 3.25. The molecular formula is C26H27N3O2. The summed E-state index contributed by atoms with van der Waals surface area (Å²) in [6, 6.07) is 22.5. The molecule has 0 unspecified atom stereocenters. The van der Waals surface area contributed by atoms with E-state index in [1.807, 2.05) is 36.4 Å². The molecule has 2 heterocycles. The molecule has 1 aromatic heterocycles. The maximum atomic E-state index is 12.8. The highest BCUT2D eigenvalue weighted by molar-refractivity contribution is 5.92. The van der Waals surface area contributed by atoms with Crippen LogP contribution < -0.4 is 10.1 Å². The molecule has 5 heteroatoms. The zero-order valence-corrected chi connectivity index (χ0v) is 17.5. The summed E-state index contributed by atoms with van der Waals surface area (Å²) < 4.78 is 5.71. The Labute approximate surface area is 183 Å². The number of carbonyl (C=O) groups excluding carboxylic acids is 1. The number of para-hydroxylation sites is 1. The number of likely N-dealkylation sites (tertiary alicyclic amines) is 1. The van der Waals surface area contributed by atoms with Crippen molar-refractivity contribution in [3.8, 4) is 11.6 Å². The van der Waals surface area contributed by atoms with Crippen molar-refractivity contribution in [2.24, 2.45) is 5.92 Å². The van der Waals surface area contributed by atoms with Crippen LogP contribution in [0.4, 0.5) is 5.69 Å². The Morgan fingerprint density at radius 2 is 1.58 bits per heavy atom. The molecule has 1 amide bonds. The van der Waals surface area contributed by atoms with E-state index in [4.69, 9.17) is 4.74 Å². The fourth-order valence-corrected chi connectivity index (χ4v) is 4.69. The van der Waals surface area contributed by atoms with Crippen LogP contribution in [0, 0.1) is 5.92 Å². The van der Waals surface area contributed by atoms with E-state index in [0.717, 1.165) is 44.5 Å². The number of hydrogen-bond donors (Lipinski definition) is 1. The summed E-state index contributed by atoms with van der Waals surface area (Å²) in [6.45, 7) is 1.97. The van der Waals surface area contributed by atoms with Crippen LogP contribution in [-0.4, -0.2) is 34.9 Å². The smallest absolute Gasteiger partial charge is 0.227 e. The van der Waals surface area contributed by atoms with Gasteiger partial charge in [-0.05, 0) is 68.1 Å². The van der Waals surface area contributed by atoms with Gasteiger partial charge >= 0.3 is 0 Å². The second kappa shape index (κ2) is 8.90. The van der Waals surface area contributed by atoms with Crippen LogP contribution in [0.25, 0.3) is 0 Å². The molecule has 158 valence electrons. The van der Waals surface area contributed by atoms with Crippen LogP contribution in [0.15, 0.2) is 72.9 Å². The van der Waals surface area contributed by atoms with E-state index in [-0.39, 0.29) is 11.8 Å². The number of anilines is 1. The van der Waals surface area contributed by atoms with Crippen LogP contribution in [0.5, 0.6) is 11.6 Å². The largest absolute Gasteiger partial charge is 0.439 e. The van der Waals surface area contributed by atoms with Crippen LogP contribution in [-0.2, 0) is 17.6 Å². The van der Waals surface area contributed by atoms with Crippen molar-refractivity contribution in [1.29, 1.82) is 0 Å². The first-order valence-corrected chi connectivity index (χ1v) is 11.1. The third-order valence-electron chi connectivity index (χ3n) is 6.42.